The lowest BCUT2D eigenvalue weighted by molar-refractivity contribution is -0.132. The van der Waals surface area contributed by atoms with Crippen molar-refractivity contribution in [3.8, 4) is 0 Å². The largest absolute Gasteiger partial charge is 0.342 e. The molecular formula is C7H13NOS. The van der Waals surface area contributed by atoms with Crippen LogP contribution in [0.1, 0.15) is 19.3 Å². The molecule has 1 fully saturated rings. The van der Waals surface area contributed by atoms with Gasteiger partial charge in [-0.05, 0) is 12.8 Å². The van der Waals surface area contributed by atoms with E-state index in [4.69, 9.17) is 0 Å². The summed E-state index contributed by atoms with van der Waals surface area (Å²) in [4.78, 5) is 13.0. The van der Waals surface area contributed by atoms with Crippen LogP contribution >= 0.6 is 12.6 Å². The van der Waals surface area contributed by atoms with Gasteiger partial charge in [-0.25, -0.2) is 0 Å². The van der Waals surface area contributed by atoms with Crippen LogP contribution < -0.4 is 0 Å². The van der Waals surface area contributed by atoms with E-state index in [9.17, 15) is 4.79 Å². The van der Waals surface area contributed by atoms with Crippen molar-refractivity contribution in [1.82, 2.24) is 4.90 Å². The van der Waals surface area contributed by atoms with Crippen molar-refractivity contribution < 1.29 is 4.79 Å². The molecule has 0 N–H and O–H groups in total. The van der Waals surface area contributed by atoms with E-state index in [1.807, 2.05) is 4.90 Å². The van der Waals surface area contributed by atoms with Crippen LogP contribution in [-0.4, -0.2) is 29.6 Å². The third-order valence-corrected chi connectivity index (χ3v) is 1.99. The summed E-state index contributed by atoms with van der Waals surface area (Å²) in [5.41, 5.74) is 0. The first-order valence-corrected chi connectivity index (χ1v) is 4.36. The SMILES string of the molecule is O=C1CCCCN1CCS. The Hall–Kier alpha value is -0.180. The van der Waals surface area contributed by atoms with Gasteiger partial charge >= 0.3 is 0 Å². The van der Waals surface area contributed by atoms with E-state index in [0.717, 1.165) is 31.7 Å². The van der Waals surface area contributed by atoms with Crippen LogP contribution in [0.25, 0.3) is 0 Å². The molecule has 2 nitrogen and oxygen atoms in total. The van der Waals surface area contributed by atoms with Gasteiger partial charge in [-0.3, -0.25) is 4.79 Å². The molecule has 1 aliphatic rings. The summed E-state index contributed by atoms with van der Waals surface area (Å²) in [7, 11) is 0. The van der Waals surface area contributed by atoms with E-state index in [2.05, 4.69) is 12.6 Å². The fourth-order valence-corrected chi connectivity index (χ4v) is 1.46. The zero-order valence-corrected chi connectivity index (χ0v) is 6.94. The van der Waals surface area contributed by atoms with Crippen molar-refractivity contribution in [3.63, 3.8) is 0 Å². The zero-order valence-electron chi connectivity index (χ0n) is 6.05. The molecule has 0 aliphatic carbocycles. The van der Waals surface area contributed by atoms with Gasteiger partial charge in [-0.2, -0.15) is 12.6 Å². The monoisotopic (exact) mass is 159 g/mol. The number of hydrogen-bond donors (Lipinski definition) is 1. The van der Waals surface area contributed by atoms with Crippen molar-refractivity contribution in [3.05, 3.63) is 0 Å². The third kappa shape index (κ3) is 1.90. The number of amides is 1. The van der Waals surface area contributed by atoms with E-state index in [-0.39, 0.29) is 0 Å². The molecular weight excluding hydrogens is 146 g/mol. The van der Waals surface area contributed by atoms with E-state index in [0.29, 0.717) is 5.91 Å². The average molecular weight is 159 g/mol. The van der Waals surface area contributed by atoms with Gasteiger partial charge in [0, 0.05) is 25.3 Å². The highest BCUT2D eigenvalue weighted by Crippen LogP contribution is 2.09. The normalized spacial score (nSPS) is 19.7. The summed E-state index contributed by atoms with van der Waals surface area (Å²) in [5.74, 6) is 1.09. The number of carbonyl (C=O) groups is 1. The van der Waals surface area contributed by atoms with E-state index >= 15 is 0 Å². The zero-order chi connectivity index (χ0) is 7.40. The molecule has 1 rings (SSSR count). The Labute approximate surface area is 67.0 Å². The molecule has 1 saturated heterocycles. The predicted octanol–water partition coefficient (Wildman–Crippen LogP) is 0.929. The highest BCUT2D eigenvalue weighted by molar-refractivity contribution is 7.80. The summed E-state index contributed by atoms with van der Waals surface area (Å²) in [6.07, 6.45) is 2.98. The molecule has 1 amide bonds. The smallest absolute Gasteiger partial charge is 0.222 e. The average Bonchev–Trinajstić information content (AvgIpc) is 1.94. The Bertz CT molecular complexity index is 125. The van der Waals surface area contributed by atoms with Crippen molar-refractivity contribution in [1.29, 1.82) is 0 Å². The fraction of sp³-hybridized carbons (Fsp3) is 0.857. The molecule has 58 valence electrons. The number of thiol groups is 1. The minimum Gasteiger partial charge on any atom is -0.342 e. The molecule has 0 aromatic heterocycles. The number of carbonyl (C=O) groups excluding carboxylic acids is 1. The molecule has 0 unspecified atom stereocenters. The van der Waals surface area contributed by atoms with Crippen molar-refractivity contribution in [2.24, 2.45) is 0 Å². The first kappa shape index (κ1) is 7.92. The van der Waals surface area contributed by atoms with Crippen LogP contribution in [0.15, 0.2) is 0 Å². The molecule has 0 aromatic carbocycles. The van der Waals surface area contributed by atoms with Gasteiger partial charge in [0.1, 0.15) is 0 Å². The quantitative estimate of drug-likeness (QED) is 0.594. The Morgan fingerprint density at radius 1 is 1.50 bits per heavy atom. The molecule has 0 atom stereocenters. The van der Waals surface area contributed by atoms with Gasteiger partial charge in [0.05, 0.1) is 0 Å². The maximum Gasteiger partial charge on any atom is 0.222 e. The van der Waals surface area contributed by atoms with Gasteiger partial charge in [0.15, 0.2) is 0 Å². The first-order chi connectivity index (χ1) is 4.84. The lowest BCUT2D eigenvalue weighted by Gasteiger charge is -2.25. The van der Waals surface area contributed by atoms with Crippen molar-refractivity contribution in [2.45, 2.75) is 19.3 Å². The van der Waals surface area contributed by atoms with Gasteiger partial charge in [-0.1, -0.05) is 0 Å². The van der Waals surface area contributed by atoms with E-state index in [1.165, 1.54) is 6.42 Å². The molecule has 0 saturated carbocycles. The van der Waals surface area contributed by atoms with Crippen molar-refractivity contribution in [2.75, 3.05) is 18.8 Å². The summed E-state index contributed by atoms with van der Waals surface area (Å²) in [6, 6.07) is 0. The summed E-state index contributed by atoms with van der Waals surface area (Å²) in [5, 5.41) is 0. The predicted molar refractivity (Wildman–Crippen MR) is 44.3 cm³/mol. The fourth-order valence-electron chi connectivity index (χ4n) is 1.22. The maximum atomic E-state index is 11.1. The minimum absolute atomic E-state index is 0.306. The molecule has 0 aromatic rings. The van der Waals surface area contributed by atoms with Crippen LogP contribution in [0.2, 0.25) is 0 Å². The van der Waals surface area contributed by atoms with E-state index < -0.39 is 0 Å². The Balaban J connectivity index is 2.32. The van der Waals surface area contributed by atoms with Crippen LogP contribution in [0, 0.1) is 0 Å². The second-order valence-corrected chi connectivity index (χ2v) is 3.01. The Morgan fingerprint density at radius 2 is 2.30 bits per heavy atom. The second-order valence-electron chi connectivity index (χ2n) is 2.56. The third-order valence-electron chi connectivity index (χ3n) is 1.79. The maximum absolute atomic E-state index is 11.1. The summed E-state index contributed by atoms with van der Waals surface area (Å²) >= 11 is 4.08. The lowest BCUT2D eigenvalue weighted by Crippen LogP contribution is -2.36. The van der Waals surface area contributed by atoms with Crippen LogP contribution in [-0.2, 0) is 4.79 Å². The molecule has 3 heteroatoms. The van der Waals surface area contributed by atoms with Gasteiger partial charge < -0.3 is 4.90 Å². The van der Waals surface area contributed by atoms with Crippen molar-refractivity contribution >= 4 is 18.5 Å². The Kier molecular flexibility index (Phi) is 3.06. The van der Waals surface area contributed by atoms with Crippen LogP contribution in [0.3, 0.4) is 0 Å². The van der Waals surface area contributed by atoms with Crippen LogP contribution in [0.4, 0.5) is 0 Å². The number of likely N-dealkylation sites (tertiary alicyclic amines) is 1. The molecule has 1 heterocycles. The van der Waals surface area contributed by atoms with Gasteiger partial charge in [-0.15, -0.1) is 0 Å². The molecule has 10 heavy (non-hydrogen) atoms. The number of piperidine rings is 1. The molecule has 1 aliphatic heterocycles. The number of hydrogen-bond acceptors (Lipinski definition) is 2. The molecule has 0 spiro atoms. The van der Waals surface area contributed by atoms with Crippen LogP contribution in [0.5, 0.6) is 0 Å². The lowest BCUT2D eigenvalue weighted by atomic mass is 10.1. The topological polar surface area (TPSA) is 20.3 Å². The minimum atomic E-state index is 0.306. The highest BCUT2D eigenvalue weighted by Gasteiger charge is 2.15. The summed E-state index contributed by atoms with van der Waals surface area (Å²) in [6.45, 7) is 1.77. The number of nitrogens with zero attached hydrogens (tertiary/aromatic N) is 1. The summed E-state index contributed by atoms with van der Waals surface area (Å²) < 4.78 is 0. The van der Waals surface area contributed by atoms with Gasteiger partial charge in [0.25, 0.3) is 0 Å². The number of rotatable bonds is 2. The Morgan fingerprint density at radius 3 is 2.90 bits per heavy atom. The van der Waals surface area contributed by atoms with E-state index in [1.54, 1.807) is 0 Å². The standard InChI is InChI=1S/C7H13NOS/c9-7-3-1-2-4-8(7)5-6-10/h10H,1-6H2. The highest BCUT2D eigenvalue weighted by atomic mass is 32.1. The second kappa shape index (κ2) is 3.86. The van der Waals surface area contributed by atoms with Gasteiger partial charge in [0.2, 0.25) is 5.91 Å². The molecule has 0 radical (unpaired) electrons. The molecule has 0 bridgehead atoms. The first-order valence-electron chi connectivity index (χ1n) is 3.73.